The fraction of sp³-hybridized carbons (Fsp3) is 0.200. The van der Waals surface area contributed by atoms with Crippen LogP contribution < -0.4 is 4.74 Å². The smallest absolute Gasteiger partial charge is 0.280 e. The van der Waals surface area contributed by atoms with E-state index in [2.05, 4.69) is 36.4 Å². The van der Waals surface area contributed by atoms with Gasteiger partial charge in [-0.05, 0) is 51.8 Å². The molecule has 0 spiro atoms. The largest absolute Gasteiger partial charge is 0.497 e. The van der Waals surface area contributed by atoms with Crippen LogP contribution in [0, 0.1) is 5.82 Å². The normalized spacial score (nSPS) is 15.8. The van der Waals surface area contributed by atoms with E-state index in [4.69, 9.17) is 14.0 Å². The van der Waals surface area contributed by atoms with Gasteiger partial charge in [-0.2, -0.15) is 4.98 Å². The minimum atomic E-state index is -0.363. The van der Waals surface area contributed by atoms with Crippen LogP contribution in [0.2, 0.25) is 0 Å². The lowest BCUT2D eigenvalue weighted by atomic mass is 10.1. The SMILES string of the molecule is COc1ccc([C@H]2Cn3nnc(-c4nc(-c5ccc(F)c(Br)c5)no4)c3CO2)cc1. The highest BCUT2D eigenvalue weighted by Gasteiger charge is 2.28. The highest BCUT2D eigenvalue weighted by atomic mass is 79.9. The zero-order valence-electron chi connectivity index (χ0n) is 15.7. The summed E-state index contributed by atoms with van der Waals surface area (Å²) in [6.45, 7) is 0.819. The highest BCUT2D eigenvalue weighted by Crippen LogP contribution is 2.32. The second-order valence-electron chi connectivity index (χ2n) is 6.69. The predicted octanol–water partition coefficient (Wildman–Crippen LogP) is 4.18. The Bertz CT molecular complexity index is 1210. The zero-order valence-corrected chi connectivity index (χ0v) is 17.3. The van der Waals surface area contributed by atoms with Crippen molar-refractivity contribution in [1.29, 1.82) is 0 Å². The van der Waals surface area contributed by atoms with E-state index in [1.54, 1.807) is 23.9 Å². The van der Waals surface area contributed by atoms with Crippen LogP contribution in [0.25, 0.3) is 23.0 Å². The summed E-state index contributed by atoms with van der Waals surface area (Å²) in [6.07, 6.45) is -0.146. The zero-order chi connectivity index (χ0) is 20.7. The first-order valence-corrected chi connectivity index (χ1v) is 9.89. The molecule has 1 atom stereocenters. The molecule has 0 amide bonds. The van der Waals surface area contributed by atoms with Gasteiger partial charge in [0, 0.05) is 5.56 Å². The van der Waals surface area contributed by atoms with Crippen LogP contribution in [-0.4, -0.2) is 32.2 Å². The molecule has 0 aliphatic carbocycles. The van der Waals surface area contributed by atoms with Crippen molar-refractivity contribution in [2.75, 3.05) is 7.11 Å². The van der Waals surface area contributed by atoms with Gasteiger partial charge in [-0.15, -0.1) is 5.10 Å². The first-order chi connectivity index (χ1) is 14.6. The maximum atomic E-state index is 13.5. The molecule has 0 saturated heterocycles. The fourth-order valence-electron chi connectivity index (χ4n) is 3.27. The summed E-state index contributed by atoms with van der Waals surface area (Å²) in [5.74, 6) is 0.996. The van der Waals surface area contributed by atoms with Crippen LogP contribution >= 0.6 is 15.9 Å². The third-order valence-corrected chi connectivity index (χ3v) is 5.50. The molecule has 3 heterocycles. The van der Waals surface area contributed by atoms with Crippen molar-refractivity contribution in [2.45, 2.75) is 19.3 Å². The first kappa shape index (κ1) is 18.9. The maximum absolute atomic E-state index is 13.5. The van der Waals surface area contributed by atoms with E-state index < -0.39 is 0 Å². The number of fused-ring (bicyclic) bond motifs is 1. The van der Waals surface area contributed by atoms with Gasteiger partial charge in [-0.3, -0.25) is 0 Å². The van der Waals surface area contributed by atoms with Crippen LogP contribution in [0.5, 0.6) is 5.75 Å². The van der Waals surface area contributed by atoms with E-state index in [0.717, 1.165) is 17.0 Å². The van der Waals surface area contributed by atoms with Crippen LogP contribution in [0.3, 0.4) is 0 Å². The Kier molecular flexibility index (Phi) is 4.80. The number of aromatic nitrogens is 5. The Hall–Kier alpha value is -3.11. The Balaban J connectivity index is 1.39. The van der Waals surface area contributed by atoms with E-state index >= 15 is 0 Å². The number of rotatable bonds is 4. The number of nitrogens with zero attached hydrogens (tertiary/aromatic N) is 5. The molecule has 1 aliphatic rings. The van der Waals surface area contributed by atoms with E-state index in [1.165, 1.54) is 6.07 Å². The summed E-state index contributed by atoms with van der Waals surface area (Å²) in [5.41, 5.74) is 2.88. The summed E-state index contributed by atoms with van der Waals surface area (Å²) >= 11 is 3.16. The van der Waals surface area contributed by atoms with Crippen molar-refractivity contribution in [3.05, 3.63) is 64.0 Å². The number of halogens is 2. The lowest BCUT2D eigenvalue weighted by molar-refractivity contribution is -0.00119. The Labute approximate surface area is 178 Å². The molecule has 2 aromatic carbocycles. The number of ether oxygens (including phenoxy) is 2. The number of hydrogen-bond donors (Lipinski definition) is 0. The Morgan fingerprint density at radius 1 is 1.20 bits per heavy atom. The molecule has 0 fully saturated rings. The van der Waals surface area contributed by atoms with Gasteiger partial charge in [-0.25, -0.2) is 9.07 Å². The Morgan fingerprint density at radius 3 is 2.80 bits per heavy atom. The molecule has 10 heteroatoms. The van der Waals surface area contributed by atoms with Gasteiger partial charge in [0.2, 0.25) is 5.82 Å². The van der Waals surface area contributed by atoms with Gasteiger partial charge in [0.25, 0.3) is 5.89 Å². The van der Waals surface area contributed by atoms with Crippen molar-refractivity contribution < 1.29 is 18.4 Å². The Morgan fingerprint density at radius 2 is 2.03 bits per heavy atom. The van der Waals surface area contributed by atoms with Gasteiger partial charge >= 0.3 is 0 Å². The molecule has 4 aromatic rings. The van der Waals surface area contributed by atoms with E-state index in [0.29, 0.717) is 34.7 Å². The van der Waals surface area contributed by atoms with Gasteiger partial charge < -0.3 is 14.0 Å². The van der Waals surface area contributed by atoms with E-state index in [-0.39, 0.29) is 17.8 Å². The average molecular weight is 472 g/mol. The number of methoxy groups -OCH3 is 1. The van der Waals surface area contributed by atoms with Crippen molar-refractivity contribution >= 4 is 15.9 Å². The second kappa shape index (κ2) is 7.62. The second-order valence-corrected chi connectivity index (χ2v) is 7.55. The van der Waals surface area contributed by atoms with E-state index in [1.807, 2.05) is 24.3 Å². The summed E-state index contributed by atoms with van der Waals surface area (Å²) in [5, 5.41) is 12.4. The van der Waals surface area contributed by atoms with E-state index in [9.17, 15) is 4.39 Å². The van der Waals surface area contributed by atoms with Crippen LogP contribution in [0.1, 0.15) is 17.4 Å². The third-order valence-electron chi connectivity index (χ3n) is 4.89. The van der Waals surface area contributed by atoms with Crippen molar-refractivity contribution in [3.8, 4) is 28.7 Å². The monoisotopic (exact) mass is 471 g/mol. The third kappa shape index (κ3) is 3.37. The van der Waals surface area contributed by atoms with Crippen molar-refractivity contribution in [2.24, 2.45) is 0 Å². The summed E-state index contributed by atoms with van der Waals surface area (Å²) < 4.78 is 32.2. The average Bonchev–Trinajstić information content (AvgIpc) is 3.42. The minimum Gasteiger partial charge on any atom is -0.497 e. The minimum absolute atomic E-state index is 0.146. The number of benzene rings is 2. The van der Waals surface area contributed by atoms with Gasteiger partial charge in [0.1, 0.15) is 17.7 Å². The highest BCUT2D eigenvalue weighted by molar-refractivity contribution is 9.10. The molecule has 0 bridgehead atoms. The lowest BCUT2D eigenvalue weighted by Crippen LogP contribution is -2.22. The van der Waals surface area contributed by atoms with Gasteiger partial charge in [0.15, 0.2) is 5.69 Å². The van der Waals surface area contributed by atoms with Gasteiger partial charge in [0.05, 0.1) is 30.4 Å². The van der Waals surface area contributed by atoms with Crippen LogP contribution in [0.15, 0.2) is 51.5 Å². The molecule has 0 saturated carbocycles. The van der Waals surface area contributed by atoms with Crippen molar-refractivity contribution in [3.63, 3.8) is 0 Å². The van der Waals surface area contributed by atoms with Crippen LogP contribution in [0.4, 0.5) is 4.39 Å². The summed E-state index contributed by atoms with van der Waals surface area (Å²) in [6, 6.07) is 12.2. The standard InChI is InChI=1S/C20H15BrFN5O3/c1-28-13-5-2-11(3-6-13)17-9-27-16(10-29-17)18(24-26-27)20-23-19(25-30-20)12-4-7-15(22)14(21)8-12/h2-8,17H,9-10H2,1H3/t17-/m1/s1. The molecule has 0 N–H and O–H groups in total. The molecule has 2 aromatic heterocycles. The predicted molar refractivity (Wildman–Crippen MR) is 107 cm³/mol. The molecule has 8 nitrogen and oxygen atoms in total. The molecule has 0 radical (unpaired) electrons. The molecule has 0 unspecified atom stereocenters. The maximum Gasteiger partial charge on any atom is 0.280 e. The molecule has 152 valence electrons. The molecule has 1 aliphatic heterocycles. The molecular weight excluding hydrogens is 457 g/mol. The van der Waals surface area contributed by atoms with Gasteiger partial charge in [-0.1, -0.05) is 22.5 Å². The topological polar surface area (TPSA) is 88.1 Å². The number of hydrogen-bond acceptors (Lipinski definition) is 7. The first-order valence-electron chi connectivity index (χ1n) is 9.10. The van der Waals surface area contributed by atoms with Crippen LogP contribution in [-0.2, 0) is 17.9 Å². The van der Waals surface area contributed by atoms with Crippen molar-refractivity contribution in [1.82, 2.24) is 25.1 Å². The lowest BCUT2D eigenvalue weighted by Gasteiger charge is -2.24. The quantitative estimate of drug-likeness (QED) is 0.441. The molecule has 30 heavy (non-hydrogen) atoms. The molecular formula is C20H15BrFN5O3. The summed E-state index contributed by atoms with van der Waals surface area (Å²) in [7, 11) is 1.63. The fourth-order valence-corrected chi connectivity index (χ4v) is 3.65. The molecule has 5 rings (SSSR count). The summed E-state index contributed by atoms with van der Waals surface area (Å²) in [4.78, 5) is 4.39.